The molecular formula is C16H21NO3S2. The number of carbonyl (C=O) groups excluding carboxylic acids is 1. The molecule has 1 saturated heterocycles. The van der Waals surface area contributed by atoms with Crippen LogP contribution in [-0.4, -0.2) is 39.5 Å². The predicted octanol–water partition coefficient (Wildman–Crippen LogP) is 3.13. The molecule has 22 heavy (non-hydrogen) atoms. The Morgan fingerprint density at radius 1 is 1.32 bits per heavy atom. The zero-order valence-electron chi connectivity index (χ0n) is 12.6. The fourth-order valence-corrected chi connectivity index (χ4v) is 4.92. The van der Waals surface area contributed by atoms with Crippen molar-refractivity contribution in [2.24, 2.45) is 5.92 Å². The molecule has 0 spiro atoms. The van der Waals surface area contributed by atoms with Crippen LogP contribution in [-0.2, 0) is 16.0 Å². The Morgan fingerprint density at radius 3 is 2.64 bits per heavy atom. The number of hydrogen-bond donors (Lipinski definition) is 2. The van der Waals surface area contributed by atoms with Crippen LogP contribution in [0.25, 0.3) is 0 Å². The largest absolute Gasteiger partial charge is 0.481 e. The second-order valence-corrected chi connectivity index (χ2v) is 8.02. The van der Waals surface area contributed by atoms with Crippen molar-refractivity contribution in [1.82, 2.24) is 0 Å². The molecule has 0 radical (unpaired) electrons. The van der Waals surface area contributed by atoms with E-state index in [1.54, 1.807) is 6.92 Å². The summed E-state index contributed by atoms with van der Waals surface area (Å²) < 4.78 is 0. The minimum atomic E-state index is -0.791. The van der Waals surface area contributed by atoms with Gasteiger partial charge in [-0.1, -0.05) is 19.1 Å². The number of hydrogen-bond acceptors (Lipinski definition) is 4. The number of carboxylic acids is 1. The van der Waals surface area contributed by atoms with Crippen LogP contribution in [0, 0.1) is 5.92 Å². The van der Waals surface area contributed by atoms with Gasteiger partial charge in [0.05, 0.1) is 5.92 Å². The first-order valence-electron chi connectivity index (χ1n) is 7.35. The highest BCUT2D eigenvalue weighted by atomic mass is 32.2. The molecule has 1 fully saturated rings. The molecule has 2 rings (SSSR count). The van der Waals surface area contributed by atoms with E-state index in [2.05, 4.69) is 5.32 Å². The van der Waals surface area contributed by atoms with Crippen LogP contribution >= 0.6 is 23.5 Å². The molecule has 4 nitrogen and oxygen atoms in total. The van der Waals surface area contributed by atoms with E-state index in [1.165, 1.54) is 5.75 Å². The number of amides is 1. The predicted molar refractivity (Wildman–Crippen MR) is 93.8 cm³/mol. The number of carboxylic acid groups (broad SMARTS) is 1. The van der Waals surface area contributed by atoms with Crippen LogP contribution in [0.4, 0.5) is 5.69 Å². The maximum atomic E-state index is 12.0. The van der Waals surface area contributed by atoms with Gasteiger partial charge in [0.25, 0.3) is 0 Å². The summed E-state index contributed by atoms with van der Waals surface area (Å²) in [6.07, 6.45) is 1.05. The lowest BCUT2D eigenvalue weighted by Gasteiger charge is -2.20. The summed E-state index contributed by atoms with van der Waals surface area (Å²) in [6.45, 7) is 1.69. The molecule has 0 saturated carbocycles. The SMILES string of the molecule is CC(Cc1ccc(NC(=O)CC2CSCCS2)cc1)C(=O)O. The summed E-state index contributed by atoms with van der Waals surface area (Å²) in [5.74, 6) is 2.20. The normalized spacial score (nSPS) is 19.4. The third kappa shape index (κ3) is 5.57. The van der Waals surface area contributed by atoms with E-state index >= 15 is 0 Å². The topological polar surface area (TPSA) is 66.4 Å². The Bertz CT molecular complexity index is 513. The number of thioether (sulfide) groups is 2. The lowest BCUT2D eigenvalue weighted by molar-refractivity contribution is -0.141. The van der Waals surface area contributed by atoms with Gasteiger partial charge in [0, 0.05) is 34.6 Å². The third-order valence-electron chi connectivity index (χ3n) is 3.50. The van der Waals surface area contributed by atoms with Gasteiger partial charge in [-0.3, -0.25) is 9.59 Å². The van der Waals surface area contributed by atoms with Gasteiger partial charge in [-0.15, -0.1) is 0 Å². The second kappa shape index (κ2) is 8.48. The average Bonchev–Trinajstić information content (AvgIpc) is 2.50. The molecule has 1 aromatic rings. The second-order valence-electron chi connectivity index (χ2n) is 5.46. The smallest absolute Gasteiger partial charge is 0.306 e. The molecule has 1 aliphatic rings. The molecule has 1 amide bonds. The van der Waals surface area contributed by atoms with Gasteiger partial charge >= 0.3 is 5.97 Å². The fourth-order valence-electron chi connectivity index (χ4n) is 2.24. The number of anilines is 1. The first kappa shape index (κ1) is 17.2. The lowest BCUT2D eigenvalue weighted by atomic mass is 10.0. The van der Waals surface area contributed by atoms with Gasteiger partial charge in [0.2, 0.25) is 5.91 Å². The van der Waals surface area contributed by atoms with Crippen LogP contribution in [0.5, 0.6) is 0 Å². The molecule has 2 unspecified atom stereocenters. The van der Waals surface area contributed by atoms with Crippen LogP contribution in [0.3, 0.4) is 0 Å². The Hall–Kier alpha value is -1.14. The van der Waals surface area contributed by atoms with Crippen molar-refractivity contribution < 1.29 is 14.7 Å². The summed E-state index contributed by atoms with van der Waals surface area (Å²) in [4.78, 5) is 22.9. The van der Waals surface area contributed by atoms with E-state index in [9.17, 15) is 9.59 Å². The van der Waals surface area contributed by atoms with E-state index in [0.29, 0.717) is 18.1 Å². The van der Waals surface area contributed by atoms with Crippen molar-refractivity contribution in [2.75, 3.05) is 22.6 Å². The van der Waals surface area contributed by atoms with Crippen molar-refractivity contribution in [2.45, 2.75) is 25.0 Å². The zero-order chi connectivity index (χ0) is 15.9. The average molecular weight is 339 g/mol. The minimum Gasteiger partial charge on any atom is -0.481 e. The molecule has 0 bridgehead atoms. The van der Waals surface area contributed by atoms with Crippen molar-refractivity contribution in [3.05, 3.63) is 29.8 Å². The molecule has 2 atom stereocenters. The maximum Gasteiger partial charge on any atom is 0.306 e. The molecule has 1 aromatic carbocycles. The molecule has 120 valence electrons. The van der Waals surface area contributed by atoms with Gasteiger partial charge in [-0.05, 0) is 24.1 Å². The van der Waals surface area contributed by atoms with E-state index in [-0.39, 0.29) is 5.91 Å². The first-order valence-corrected chi connectivity index (χ1v) is 9.56. The van der Waals surface area contributed by atoms with Gasteiger partial charge in [0.1, 0.15) is 0 Å². The third-order valence-corrected chi connectivity index (χ3v) is 6.34. The Balaban J connectivity index is 1.82. The van der Waals surface area contributed by atoms with E-state index in [0.717, 1.165) is 22.8 Å². The summed E-state index contributed by atoms with van der Waals surface area (Å²) in [7, 11) is 0. The van der Waals surface area contributed by atoms with E-state index in [1.807, 2.05) is 47.8 Å². The maximum absolute atomic E-state index is 12.0. The summed E-state index contributed by atoms with van der Waals surface area (Å²) >= 11 is 3.79. The van der Waals surface area contributed by atoms with Crippen LogP contribution in [0.15, 0.2) is 24.3 Å². The molecule has 6 heteroatoms. The van der Waals surface area contributed by atoms with Crippen molar-refractivity contribution in [3.63, 3.8) is 0 Å². The van der Waals surface area contributed by atoms with Crippen molar-refractivity contribution in [3.8, 4) is 0 Å². The van der Waals surface area contributed by atoms with Crippen LogP contribution < -0.4 is 5.32 Å². The van der Waals surface area contributed by atoms with Crippen molar-refractivity contribution >= 4 is 41.1 Å². The first-order chi connectivity index (χ1) is 10.5. The fraction of sp³-hybridized carbons (Fsp3) is 0.500. The summed E-state index contributed by atoms with van der Waals surface area (Å²) in [5, 5.41) is 12.2. The van der Waals surface area contributed by atoms with Crippen molar-refractivity contribution in [1.29, 1.82) is 0 Å². The molecule has 0 aromatic heterocycles. The lowest BCUT2D eigenvalue weighted by Crippen LogP contribution is -2.22. The van der Waals surface area contributed by atoms with Crippen LogP contribution in [0.2, 0.25) is 0 Å². The summed E-state index contributed by atoms with van der Waals surface area (Å²) in [6, 6.07) is 7.43. The highest BCUT2D eigenvalue weighted by Gasteiger charge is 2.18. The van der Waals surface area contributed by atoms with Gasteiger partial charge in [-0.2, -0.15) is 23.5 Å². The number of aliphatic carboxylic acids is 1. The molecule has 1 aliphatic heterocycles. The number of nitrogens with one attached hydrogen (secondary N) is 1. The molecule has 2 N–H and O–H groups in total. The highest BCUT2D eigenvalue weighted by Crippen LogP contribution is 2.26. The van der Waals surface area contributed by atoms with E-state index < -0.39 is 11.9 Å². The van der Waals surface area contributed by atoms with E-state index in [4.69, 9.17) is 5.11 Å². The highest BCUT2D eigenvalue weighted by molar-refractivity contribution is 8.06. The molecular weight excluding hydrogens is 318 g/mol. The number of carbonyl (C=O) groups is 2. The quantitative estimate of drug-likeness (QED) is 0.833. The Morgan fingerprint density at radius 2 is 2.05 bits per heavy atom. The van der Waals surface area contributed by atoms with Crippen LogP contribution in [0.1, 0.15) is 18.9 Å². The monoisotopic (exact) mass is 339 g/mol. The summed E-state index contributed by atoms with van der Waals surface area (Å²) in [5.41, 5.74) is 1.73. The van der Waals surface area contributed by atoms with Gasteiger partial charge in [-0.25, -0.2) is 0 Å². The zero-order valence-corrected chi connectivity index (χ0v) is 14.2. The van der Waals surface area contributed by atoms with Gasteiger partial charge < -0.3 is 10.4 Å². The Labute approximate surface area is 139 Å². The van der Waals surface area contributed by atoms with Gasteiger partial charge in [0.15, 0.2) is 0 Å². The number of rotatable bonds is 6. The number of benzene rings is 1. The minimum absolute atomic E-state index is 0.0478. The standard InChI is InChI=1S/C16H21NO3S2/c1-11(16(19)20)8-12-2-4-13(5-3-12)17-15(18)9-14-10-21-6-7-22-14/h2-5,11,14H,6-10H2,1H3,(H,17,18)(H,19,20). The molecule has 1 heterocycles. The Kier molecular flexibility index (Phi) is 6.64. The molecule has 0 aliphatic carbocycles.